The van der Waals surface area contributed by atoms with Crippen LogP contribution >= 0.6 is 20.0 Å². The number of carbonyl (C=O) groups excluding carboxylic acids is 3. The highest BCUT2D eigenvalue weighted by atomic mass is 32.1. The number of benzene rings is 1. The summed E-state index contributed by atoms with van der Waals surface area (Å²) in [5.41, 5.74) is 5.50. The molecule has 43 heavy (non-hydrogen) atoms. The van der Waals surface area contributed by atoms with Gasteiger partial charge in [-0.25, -0.2) is 4.57 Å². The molecule has 0 aliphatic rings. The van der Waals surface area contributed by atoms with E-state index >= 15 is 0 Å². The van der Waals surface area contributed by atoms with E-state index in [1.54, 1.807) is 12.1 Å². The highest BCUT2D eigenvalue weighted by Crippen LogP contribution is 2.37. The quantitative estimate of drug-likeness (QED) is 0.0729. The Balaban J connectivity index is 3.20. The predicted octanol–water partition coefficient (Wildman–Crippen LogP) is 4.28. The molecule has 4 unspecified atom stereocenters. The second-order valence-corrected chi connectivity index (χ2v) is 13.8. The van der Waals surface area contributed by atoms with Crippen molar-refractivity contribution in [3.8, 4) is 5.75 Å². The van der Waals surface area contributed by atoms with Crippen LogP contribution in [0.2, 0.25) is 0 Å². The van der Waals surface area contributed by atoms with Gasteiger partial charge in [0.1, 0.15) is 17.8 Å². The molecule has 1 aromatic carbocycles. The van der Waals surface area contributed by atoms with Crippen molar-refractivity contribution in [2.24, 2.45) is 17.1 Å². The van der Waals surface area contributed by atoms with Crippen molar-refractivity contribution in [2.45, 2.75) is 117 Å². The average molecular weight is 643 g/mol. The minimum Gasteiger partial charge on any atom is -0.404 e. The first-order valence-corrected chi connectivity index (χ1v) is 16.9. The van der Waals surface area contributed by atoms with E-state index in [0.29, 0.717) is 36.2 Å². The molecule has 7 N–H and O–H groups in total. The lowest BCUT2D eigenvalue weighted by Gasteiger charge is -2.38. The minimum absolute atomic E-state index is 0.0348. The van der Waals surface area contributed by atoms with Gasteiger partial charge in [-0.3, -0.25) is 24.2 Å². The van der Waals surface area contributed by atoms with E-state index in [1.165, 1.54) is 12.1 Å². The van der Waals surface area contributed by atoms with Crippen LogP contribution in [0.3, 0.4) is 0 Å². The number of amides is 3. The lowest BCUT2D eigenvalue weighted by atomic mass is 9.76. The van der Waals surface area contributed by atoms with E-state index in [4.69, 9.17) is 27.7 Å². The third-order valence-corrected chi connectivity index (χ3v) is 8.65. The summed E-state index contributed by atoms with van der Waals surface area (Å²) in [7, 11) is -4.72. The lowest BCUT2D eigenvalue weighted by Crippen LogP contribution is -2.59. The molecule has 0 saturated heterocycles. The molecule has 1 aromatic rings. The molecule has 4 atom stereocenters. The van der Waals surface area contributed by atoms with E-state index in [9.17, 15) is 18.9 Å². The maximum atomic E-state index is 13.7. The Bertz CT molecular complexity index is 1140. The molecule has 13 heteroatoms. The summed E-state index contributed by atoms with van der Waals surface area (Å²) in [6.07, 6.45) is 4.69. The molecular weight excluding hydrogens is 591 g/mol. The highest BCUT2D eigenvalue weighted by molar-refractivity contribution is 7.80. The zero-order valence-electron chi connectivity index (χ0n) is 26.6. The van der Waals surface area contributed by atoms with Gasteiger partial charge in [0.2, 0.25) is 17.7 Å². The van der Waals surface area contributed by atoms with E-state index in [0.717, 1.165) is 12.8 Å². The van der Waals surface area contributed by atoms with Crippen LogP contribution in [-0.4, -0.2) is 50.1 Å². The van der Waals surface area contributed by atoms with Crippen molar-refractivity contribution in [3.63, 3.8) is 0 Å². The first kappa shape index (κ1) is 38.5. The number of thiocarbonyl (C=S) groups is 1. The van der Waals surface area contributed by atoms with Crippen LogP contribution in [0.1, 0.15) is 99.0 Å². The van der Waals surface area contributed by atoms with Crippen LogP contribution in [0.15, 0.2) is 24.3 Å². The molecule has 0 aliphatic carbocycles. The standard InChI is InChI=1S/C30H51N4O7PS/c1-8-11-12-13-24(35)32-23(18-21-14-16-22(17-15-21)41-42(38,39)40)26(36)33-25(20(4)9-2)27(37)34-29(5,6)19-30(7,10-3)28(31)43/h14-17,20,23,25H,8-13,18-19H2,1-7H3,(H2,31,43)(H,32,35)(H,33,36)(H,34,37)(H2,38,39,40). The van der Waals surface area contributed by atoms with Crippen LogP contribution in [0, 0.1) is 11.3 Å². The van der Waals surface area contributed by atoms with Gasteiger partial charge in [-0.05, 0) is 56.7 Å². The molecule has 0 saturated carbocycles. The number of phosphoric ester groups is 1. The Hall–Kier alpha value is -2.53. The molecule has 1 rings (SSSR count). The largest absolute Gasteiger partial charge is 0.524 e. The number of nitrogens with two attached hydrogens (primary N) is 1. The van der Waals surface area contributed by atoms with Crippen molar-refractivity contribution in [1.82, 2.24) is 16.0 Å². The average Bonchev–Trinajstić information content (AvgIpc) is 2.90. The van der Waals surface area contributed by atoms with Crippen molar-refractivity contribution in [1.29, 1.82) is 0 Å². The summed E-state index contributed by atoms with van der Waals surface area (Å²) in [5.74, 6) is -1.39. The summed E-state index contributed by atoms with van der Waals surface area (Å²) in [6.45, 7) is 13.6. The number of nitrogens with one attached hydrogen (secondary N) is 3. The topological polar surface area (TPSA) is 180 Å². The number of rotatable bonds is 19. The molecular formula is C30H51N4O7PS. The number of unbranched alkanes of at least 4 members (excludes halogenated alkanes) is 2. The van der Waals surface area contributed by atoms with Gasteiger partial charge in [0.15, 0.2) is 0 Å². The summed E-state index contributed by atoms with van der Waals surface area (Å²) < 4.78 is 15.7. The Labute approximate surface area is 261 Å². The third-order valence-electron chi connectivity index (χ3n) is 7.71. The maximum absolute atomic E-state index is 13.7. The zero-order chi connectivity index (χ0) is 33.0. The van der Waals surface area contributed by atoms with Crippen LogP contribution in [0.25, 0.3) is 0 Å². The monoisotopic (exact) mass is 642 g/mol. The smallest absolute Gasteiger partial charge is 0.404 e. The highest BCUT2D eigenvalue weighted by Gasteiger charge is 2.37. The van der Waals surface area contributed by atoms with Gasteiger partial charge in [0, 0.05) is 23.8 Å². The van der Waals surface area contributed by atoms with Crippen molar-refractivity contribution < 1.29 is 33.3 Å². The zero-order valence-corrected chi connectivity index (χ0v) is 28.3. The van der Waals surface area contributed by atoms with Gasteiger partial charge < -0.3 is 26.2 Å². The normalized spacial score (nSPS) is 15.4. The van der Waals surface area contributed by atoms with Gasteiger partial charge in [-0.15, -0.1) is 0 Å². The molecule has 0 bridgehead atoms. The van der Waals surface area contributed by atoms with E-state index in [-0.39, 0.29) is 36.3 Å². The Morgan fingerprint density at radius 3 is 2.12 bits per heavy atom. The second kappa shape index (κ2) is 17.1. The minimum atomic E-state index is -4.72. The molecule has 11 nitrogen and oxygen atoms in total. The third kappa shape index (κ3) is 13.8. The molecule has 0 aromatic heterocycles. The summed E-state index contributed by atoms with van der Waals surface area (Å²) in [4.78, 5) is 58.5. The van der Waals surface area contributed by atoms with Gasteiger partial charge >= 0.3 is 7.82 Å². The van der Waals surface area contributed by atoms with E-state index in [2.05, 4.69) is 20.5 Å². The molecule has 244 valence electrons. The second-order valence-electron chi connectivity index (χ2n) is 12.2. The summed E-state index contributed by atoms with van der Waals surface area (Å²) in [6, 6.07) is 4.01. The molecule has 0 spiro atoms. The Morgan fingerprint density at radius 2 is 1.63 bits per heavy atom. The van der Waals surface area contributed by atoms with E-state index < -0.39 is 36.8 Å². The predicted molar refractivity (Wildman–Crippen MR) is 172 cm³/mol. The fraction of sp³-hybridized carbons (Fsp3) is 0.667. The summed E-state index contributed by atoms with van der Waals surface area (Å²) >= 11 is 5.29. The van der Waals surface area contributed by atoms with Crippen LogP contribution in [-0.2, 0) is 25.4 Å². The van der Waals surface area contributed by atoms with Crippen molar-refractivity contribution >= 4 is 42.8 Å². The van der Waals surface area contributed by atoms with Gasteiger partial charge in [0.25, 0.3) is 0 Å². The van der Waals surface area contributed by atoms with Gasteiger partial charge in [-0.1, -0.05) is 78.2 Å². The Morgan fingerprint density at radius 1 is 1.02 bits per heavy atom. The van der Waals surface area contributed by atoms with Gasteiger partial charge in [0.05, 0.1) is 4.99 Å². The number of hydrogen-bond acceptors (Lipinski definition) is 6. The fourth-order valence-corrected chi connectivity index (χ4v) is 5.46. The molecule has 0 fully saturated rings. The number of carbonyl (C=O) groups is 3. The maximum Gasteiger partial charge on any atom is 0.524 e. The molecule has 0 aliphatic heterocycles. The van der Waals surface area contributed by atoms with Crippen LogP contribution in [0.4, 0.5) is 0 Å². The first-order valence-electron chi connectivity index (χ1n) is 14.9. The number of hydrogen-bond donors (Lipinski definition) is 6. The SMILES string of the molecule is CCCCCC(=O)NC(Cc1ccc(OP(=O)(O)O)cc1)C(=O)NC(C(=O)NC(C)(C)CC(C)(CC)C(N)=S)C(C)CC. The van der Waals surface area contributed by atoms with Crippen molar-refractivity contribution in [2.75, 3.05) is 0 Å². The van der Waals surface area contributed by atoms with E-state index in [1.807, 2.05) is 48.5 Å². The van der Waals surface area contributed by atoms with Crippen LogP contribution < -0.4 is 26.2 Å². The van der Waals surface area contributed by atoms with Crippen molar-refractivity contribution in [3.05, 3.63) is 29.8 Å². The lowest BCUT2D eigenvalue weighted by molar-refractivity contribution is -0.133. The molecule has 3 amide bonds. The fourth-order valence-electron chi connectivity index (χ4n) is 4.84. The van der Waals surface area contributed by atoms with Gasteiger partial charge in [-0.2, -0.15) is 0 Å². The number of phosphoric acid groups is 1. The van der Waals surface area contributed by atoms with Crippen LogP contribution in [0.5, 0.6) is 5.75 Å². The molecule has 0 heterocycles. The first-order chi connectivity index (χ1) is 19.9. The summed E-state index contributed by atoms with van der Waals surface area (Å²) in [5, 5.41) is 8.77. The molecule has 0 radical (unpaired) electrons. The Kier molecular flexibility index (Phi) is 15.3.